The van der Waals surface area contributed by atoms with Crippen LogP contribution in [0.5, 0.6) is 0 Å². The average molecular weight is 1580 g/mol. The summed E-state index contributed by atoms with van der Waals surface area (Å²) < 4.78 is 104. The van der Waals surface area contributed by atoms with Gasteiger partial charge in [-0.2, -0.15) is 0 Å². The van der Waals surface area contributed by atoms with Crippen LogP contribution in [-0.4, -0.2) is 302 Å². The van der Waals surface area contributed by atoms with Crippen molar-refractivity contribution in [3.05, 3.63) is 35.8 Å². The average Bonchev–Trinajstić information content (AvgIpc) is 0.770. The molecule has 0 aliphatic carbocycles. The van der Waals surface area contributed by atoms with Crippen molar-refractivity contribution in [2.24, 2.45) is 10.8 Å². The molecule has 0 bridgehead atoms. The first-order valence-corrected chi connectivity index (χ1v) is 39.7. The highest BCUT2D eigenvalue weighted by molar-refractivity contribution is 8.76. The SMILES string of the molecule is [C-]#[N+]C(C)(CCC(=O)CCCOCCOCCOCCOCCOCCOCCOCCOCCOCCOCCOCCOCCOCCC(=O)O)CC(C)(CC(C)(CC(C)(SC(=S)SCC)C(=O)OCCOC)C(=O)OCCOCCNC(=O)OC(C)(C)C)C(=O)OCCSSc1ccccn1. The number of ether oxygens (including phenoxy) is 19. The lowest BCUT2D eigenvalue weighted by Crippen LogP contribution is -2.49. The number of aliphatic carboxylic acids is 1. The number of nitrogens with zero attached hydrogens (tertiary/aromatic N) is 2. The number of hydrogen-bond acceptors (Lipinski definition) is 31. The zero-order valence-electron chi connectivity index (χ0n) is 62.8. The normalized spacial score (nSPS) is 13.9. The Morgan fingerprint density at radius 1 is 0.519 bits per heavy atom. The lowest BCUT2D eigenvalue weighted by atomic mass is 9.64. The number of methoxy groups -OCH3 is 1. The molecule has 0 saturated heterocycles. The number of pyridine rings is 1. The molecule has 600 valence electrons. The van der Waals surface area contributed by atoms with Gasteiger partial charge in [0.05, 0.1) is 202 Å². The molecule has 1 heterocycles. The highest BCUT2D eigenvalue weighted by atomic mass is 33.1. The summed E-state index contributed by atoms with van der Waals surface area (Å²) >= 11 is 8.16. The van der Waals surface area contributed by atoms with E-state index < -0.39 is 56.7 Å². The Morgan fingerprint density at radius 2 is 0.942 bits per heavy atom. The smallest absolute Gasteiger partial charge is 0.407 e. The summed E-state index contributed by atoms with van der Waals surface area (Å²) in [6.07, 6.45) is 1.24. The highest BCUT2D eigenvalue weighted by Gasteiger charge is 2.55. The molecule has 4 atom stereocenters. The second kappa shape index (κ2) is 63.2. The lowest BCUT2D eigenvalue weighted by Gasteiger charge is -2.41. The van der Waals surface area contributed by atoms with Crippen molar-refractivity contribution in [1.82, 2.24) is 10.3 Å². The first-order valence-electron chi connectivity index (χ1n) is 35.2. The van der Waals surface area contributed by atoms with E-state index in [1.54, 1.807) is 54.7 Å². The van der Waals surface area contributed by atoms with Gasteiger partial charge in [0.25, 0.3) is 0 Å². The van der Waals surface area contributed by atoms with Crippen molar-refractivity contribution in [3.8, 4) is 0 Å². The number of nitrogens with one attached hydrogen (secondary N) is 1. The molecule has 34 heteroatoms. The van der Waals surface area contributed by atoms with Gasteiger partial charge in [0.15, 0.2) is 0 Å². The van der Waals surface area contributed by atoms with Gasteiger partial charge in [-0.25, -0.2) is 16.4 Å². The minimum absolute atomic E-state index is 0.0110. The second-order valence-electron chi connectivity index (χ2n) is 25.0. The number of Topliss-reactive ketones (excluding diaryl/α,β-unsaturated/α-hetero) is 1. The van der Waals surface area contributed by atoms with Gasteiger partial charge < -0.3 is 105 Å². The number of hydrogen-bond donors (Lipinski definition) is 2. The van der Waals surface area contributed by atoms with Gasteiger partial charge in [-0.05, 0) is 89.5 Å². The van der Waals surface area contributed by atoms with E-state index >= 15 is 0 Å². The number of carboxylic acids is 1. The molecule has 0 aliphatic heterocycles. The summed E-state index contributed by atoms with van der Waals surface area (Å²) in [5, 5.41) is 11.9. The Morgan fingerprint density at radius 3 is 1.38 bits per heavy atom. The third-order valence-corrected chi connectivity index (χ3v) is 19.1. The topological polar surface area (TPSA) is 327 Å². The molecule has 0 fully saturated rings. The van der Waals surface area contributed by atoms with Crippen LogP contribution in [0.4, 0.5) is 4.79 Å². The Labute approximate surface area is 638 Å². The number of carbonyl (C=O) groups excluding carboxylic acids is 5. The van der Waals surface area contributed by atoms with E-state index in [4.69, 9.17) is 114 Å². The van der Waals surface area contributed by atoms with Gasteiger partial charge in [-0.3, -0.25) is 24.0 Å². The first kappa shape index (κ1) is 98.4. The fraction of sp³-hybridized carbons (Fsp3) is 0.814. The standard InChI is InChI=1S/C70H119N3O26S5/c1-11-101-65(100)103-70(8,63(79)97-51-25-81-10)57-68(6,62(78)96-52-50-84-24-21-73-64(80)99-66(2,3)4)55-67(5,61(77)98-53-54-102-104-59-16-12-13-20-72-59)56-69(7,71-9)19-17-58(74)15-14-22-82-26-28-85-30-32-87-34-36-89-38-40-91-42-44-93-46-48-95-49-47-94-45-43-92-41-39-90-37-35-88-33-31-86-29-27-83-23-18-60(75)76/h12-13,16,20H,11,14-15,17-19,21-57H2,1-8,10H3,(H,73,80)(H,75,76). The van der Waals surface area contributed by atoms with Crippen LogP contribution in [-0.2, 0) is 114 Å². The van der Waals surface area contributed by atoms with Crippen molar-refractivity contribution >= 4 is 96.6 Å². The predicted molar refractivity (Wildman–Crippen MR) is 401 cm³/mol. The summed E-state index contributed by atoms with van der Waals surface area (Å²) in [5.41, 5.74) is -5.21. The minimum Gasteiger partial charge on any atom is -0.481 e. The number of amides is 1. The van der Waals surface area contributed by atoms with E-state index in [0.29, 0.717) is 187 Å². The lowest BCUT2D eigenvalue weighted by molar-refractivity contribution is -0.167. The van der Waals surface area contributed by atoms with E-state index in [9.17, 15) is 28.8 Å². The number of thioether (sulfide) groups is 2. The summed E-state index contributed by atoms with van der Waals surface area (Å²) in [6.45, 7) is 32.6. The van der Waals surface area contributed by atoms with Crippen LogP contribution in [0.3, 0.4) is 0 Å². The van der Waals surface area contributed by atoms with Crippen LogP contribution in [0.25, 0.3) is 4.85 Å². The quantitative estimate of drug-likeness (QED) is 0.0153. The van der Waals surface area contributed by atoms with Gasteiger partial charge in [0.2, 0.25) is 5.54 Å². The largest absolute Gasteiger partial charge is 0.481 e. The maximum Gasteiger partial charge on any atom is 0.407 e. The number of carbonyl (C=O) groups is 6. The van der Waals surface area contributed by atoms with Crippen LogP contribution in [0, 0.1) is 17.4 Å². The van der Waals surface area contributed by atoms with Crippen LogP contribution in [0.1, 0.15) is 107 Å². The fourth-order valence-electron chi connectivity index (χ4n) is 9.55. The number of thiocarbonyl (C=S) groups is 1. The molecule has 1 aromatic rings. The minimum atomic E-state index is -1.64. The van der Waals surface area contributed by atoms with Crippen LogP contribution >= 0.6 is 57.3 Å². The monoisotopic (exact) mass is 1580 g/mol. The maximum absolute atomic E-state index is 14.8. The summed E-state index contributed by atoms with van der Waals surface area (Å²) in [6, 6.07) is 5.55. The van der Waals surface area contributed by atoms with Crippen LogP contribution < -0.4 is 5.32 Å². The van der Waals surface area contributed by atoms with E-state index in [1.165, 1.54) is 40.5 Å². The van der Waals surface area contributed by atoms with Crippen LogP contribution in [0.2, 0.25) is 0 Å². The van der Waals surface area contributed by atoms with Gasteiger partial charge in [0.1, 0.15) is 44.5 Å². The van der Waals surface area contributed by atoms with Gasteiger partial charge in [-0.1, -0.05) is 47.8 Å². The molecular weight excluding hydrogens is 1460 g/mol. The highest BCUT2D eigenvalue weighted by Crippen LogP contribution is 2.50. The van der Waals surface area contributed by atoms with E-state index in [0.717, 1.165) is 16.8 Å². The Bertz CT molecular complexity index is 2460. The van der Waals surface area contributed by atoms with Gasteiger partial charge >= 0.3 is 30.0 Å². The molecule has 29 nitrogen and oxygen atoms in total. The molecule has 4 unspecified atom stereocenters. The molecule has 1 amide bonds. The zero-order valence-corrected chi connectivity index (χ0v) is 66.9. The Hall–Kier alpha value is -3.65. The number of carboxylic acid groups (broad SMARTS) is 1. The van der Waals surface area contributed by atoms with Crippen molar-refractivity contribution < 1.29 is 124 Å². The maximum atomic E-state index is 14.8. The molecule has 0 aliphatic rings. The zero-order chi connectivity index (χ0) is 76.7. The molecule has 1 rings (SSSR count). The van der Waals surface area contributed by atoms with Gasteiger partial charge in [0, 0.05) is 64.8 Å². The molecule has 104 heavy (non-hydrogen) atoms. The first-order chi connectivity index (χ1) is 49.9. The fourth-order valence-corrected chi connectivity index (χ4v) is 14.4. The molecule has 1 aromatic heterocycles. The van der Waals surface area contributed by atoms with Gasteiger partial charge in [-0.15, -0.1) is 11.8 Å². The van der Waals surface area contributed by atoms with Crippen molar-refractivity contribution in [2.45, 2.75) is 128 Å². The molecular formula is C70H119N3O26S5. The Kier molecular flexibility index (Phi) is 59.7. The van der Waals surface area contributed by atoms with Crippen LogP contribution in [0.15, 0.2) is 29.4 Å². The molecule has 0 radical (unpaired) electrons. The molecule has 0 saturated carbocycles. The van der Waals surface area contributed by atoms with Crippen molar-refractivity contribution in [3.63, 3.8) is 0 Å². The summed E-state index contributed by atoms with van der Waals surface area (Å²) in [7, 11) is 4.34. The summed E-state index contributed by atoms with van der Waals surface area (Å²) in [5.74, 6) is -2.07. The number of rotatable bonds is 71. The number of esters is 3. The number of aromatic nitrogens is 1. The number of ketones is 1. The second-order valence-corrected chi connectivity index (χ2v) is 31.4. The Balaban J connectivity index is 2.54. The molecule has 2 N–H and O–H groups in total. The molecule has 0 spiro atoms. The van der Waals surface area contributed by atoms with E-state index in [2.05, 4.69) is 15.1 Å². The van der Waals surface area contributed by atoms with Crippen molar-refractivity contribution in [2.75, 3.05) is 237 Å². The number of alkyl carbamates (subject to hydrolysis) is 1. The third-order valence-electron chi connectivity index (χ3n) is 14.2. The van der Waals surface area contributed by atoms with Crippen molar-refractivity contribution in [1.29, 1.82) is 0 Å². The summed E-state index contributed by atoms with van der Waals surface area (Å²) in [4.78, 5) is 88.3. The third kappa shape index (κ3) is 54.9. The molecule has 0 aromatic carbocycles. The van der Waals surface area contributed by atoms with E-state index in [-0.39, 0.29) is 104 Å². The predicted octanol–water partition coefficient (Wildman–Crippen LogP) is 8.85. The van der Waals surface area contributed by atoms with E-state index in [1.807, 2.05) is 25.1 Å².